The molecule has 0 bridgehead atoms. The van der Waals surface area contributed by atoms with Crippen molar-refractivity contribution in [1.29, 1.82) is 0 Å². The van der Waals surface area contributed by atoms with Crippen LogP contribution in [0, 0.1) is 0 Å². The predicted octanol–water partition coefficient (Wildman–Crippen LogP) is 2.81. The molecule has 0 spiro atoms. The monoisotopic (exact) mass is 358 g/mol. The average molecular weight is 358 g/mol. The van der Waals surface area contributed by atoms with Crippen molar-refractivity contribution in [3.05, 3.63) is 48.3 Å². The molecule has 0 atom stereocenters. The van der Waals surface area contributed by atoms with E-state index in [2.05, 4.69) is 21.1 Å². The molecule has 0 aliphatic carbocycles. The largest absolute Gasteiger partial charge is 0.463 e. The fourth-order valence-electron chi connectivity index (χ4n) is 2.05. The maximum atomic E-state index is 11.7. The summed E-state index contributed by atoms with van der Waals surface area (Å²) < 4.78 is 10.3. The lowest BCUT2D eigenvalue weighted by atomic mass is 10.2. The van der Waals surface area contributed by atoms with Crippen LogP contribution in [0.25, 0.3) is 0 Å². The minimum Gasteiger partial charge on any atom is -0.463 e. The highest BCUT2D eigenvalue weighted by molar-refractivity contribution is 5.97. The van der Waals surface area contributed by atoms with Gasteiger partial charge in [-0.15, -0.1) is 0 Å². The van der Waals surface area contributed by atoms with Gasteiger partial charge < -0.3 is 8.83 Å². The first-order valence-corrected chi connectivity index (χ1v) is 8.30. The molecule has 0 saturated heterocycles. The topological polar surface area (TPSA) is 109 Å². The van der Waals surface area contributed by atoms with Gasteiger partial charge in [0.25, 0.3) is 0 Å². The third-order valence-electron chi connectivity index (χ3n) is 3.51. The van der Waals surface area contributed by atoms with Crippen LogP contribution in [0.5, 0.6) is 0 Å². The number of carbonyl (C=O) groups excluding carboxylic acids is 2. The Hall–Kier alpha value is -3.16. The summed E-state index contributed by atoms with van der Waals surface area (Å²) in [6.45, 7) is 3.49. The van der Waals surface area contributed by atoms with Crippen molar-refractivity contribution in [3.8, 4) is 0 Å². The van der Waals surface area contributed by atoms with Crippen molar-refractivity contribution in [2.24, 2.45) is 10.2 Å². The molecule has 2 aromatic rings. The second kappa shape index (κ2) is 9.97. The van der Waals surface area contributed by atoms with Crippen molar-refractivity contribution in [1.82, 2.24) is 10.9 Å². The lowest BCUT2D eigenvalue weighted by Crippen LogP contribution is -2.20. The van der Waals surface area contributed by atoms with Crippen molar-refractivity contribution >= 4 is 23.2 Å². The normalized spacial score (nSPS) is 12.1. The van der Waals surface area contributed by atoms with Crippen LogP contribution in [0.4, 0.5) is 0 Å². The van der Waals surface area contributed by atoms with Gasteiger partial charge in [-0.1, -0.05) is 0 Å². The lowest BCUT2D eigenvalue weighted by molar-refractivity contribution is -0.123. The molecule has 26 heavy (non-hydrogen) atoms. The van der Waals surface area contributed by atoms with E-state index in [1.54, 1.807) is 50.6 Å². The smallest absolute Gasteiger partial charge is 0.240 e. The van der Waals surface area contributed by atoms with Gasteiger partial charge >= 0.3 is 0 Å². The Balaban J connectivity index is 1.60. The molecule has 2 heterocycles. The Bertz CT molecular complexity index is 695. The number of furan rings is 2. The second-order valence-corrected chi connectivity index (χ2v) is 5.63. The maximum absolute atomic E-state index is 11.7. The van der Waals surface area contributed by atoms with E-state index in [1.807, 2.05) is 0 Å². The number of hydrogen-bond acceptors (Lipinski definition) is 6. The van der Waals surface area contributed by atoms with Gasteiger partial charge in [0.1, 0.15) is 22.9 Å². The first-order valence-electron chi connectivity index (χ1n) is 8.30. The molecule has 2 aromatic heterocycles. The first kappa shape index (κ1) is 19.2. The number of nitrogens with zero attached hydrogens (tertiary/aromatic N) is 2. The van der Waals surface area contributed by atoms with E-state index in [0.29, 0.717) is 35.8 Å². The average Bonchev–Trinajstić information content (AvgIpc) is 3.34. The molecule has 0 saturated carbocycles. The summed E-state index contributed by atoms with van der Waals surface area (Å²) in [4.78, 5) is 23.5. The zero-order valence-corrected chi connectivity index (χ0v) is 14.8. The number of amides is 2. The van der Waals surface area contributed by atoms with Gasteiger partial charge in [-0.3, -0.25) is 9.59 Å². The van der Waals surface area contributed by atoms with Crippen molar-refractivity contribution in [3.63, 3.8) is 0 Å². The number of hydrazone groups is 2. The summed E-state index contributed by atoms with van der Waals surface area (Å²) in [5, 5.41) is 7.94. The van der Waals surface area contributed by atoms with Crippen LogP contribution in [0.3, 0.4) is 0 Å². The zero-order valence-electron chi connectivity index (χ0n) is 14.8. The van der Waals surface area contributed by atoms with Crippen LogP contribution >= 0.6 is 0 Å². The molecule has 0 radical (unpaired) electrons. The molecular weight excluding hydrogens is 336 g/mol. The molecule has 0 aromatic carbocycles. The molecule has 0 fully saturated rings. The Morgan fingerprint density at radius 3 is 1.62 bits per heavy atom. The molecule has 8 nitrogen and oxygen atoms in total. The van der Waals surface area contributed by atoms with Crippen molar-refractivity contribution in [2.45, 2.75) is 39.5 Å². The Morgan fingerprint density at radius 2 is 1.27 bits per heavy atom. The number of nitrogens with one attached hydrogen (secondary N) is 2. The van der Waals surface area contributed by atoms with E-state index in [1.165, 1.54) is 0 Å². The van der Waals surface area contributed by atoms with Crippen LogP contribution in [-0.2, 0) is 9.59 Å². The molecule has 2 N–H and O–H groups in total. The second-order valence-electron chi connectivity index (χ2n) is 5.63. The van der Waals surface area contributed by atoms with Gasteiger partial charge in [-0.25, -0.2) is 10.9 Å². The summed E-state index contributed by atoms with van der Waals surface area (Å²) in [5.74, 6) is 0.797. The number of hydrogen-bond donors (Lipinski definition) is 2. The van der Waals surface area contributed by atoms with Gasteiger partial charge in [0.05, 0.1) is 12.5 Å². The van der Waals surface area contributed by atoms with E-state index in [-0.39, 0.29) is 24.7 Å². The summed E-state index contributed by atoms with van der Waals surface area (Å²) in [5.41, 5.74) is 6.12. The number of carbonyl (C=O) groups is 2. The zero-order chi connectivity index (χ0) is 18.8. The summed E-state index contributed by atoms with van der Waals surface area (Å²) in [7, 11) is 0. The number of rotatable bonds is 9. The van der Waals surface area contributed by atoms with E-state index < -0.39 is 0 Å². The van der Waals surface area contributed by atoms with Crippen LogP contribution in [-0.4, -0.2) is 23.2 Å². The van der Waals surface area contributed by atoms with Gasteiger partial charge in [0, 0.05) is 12.8 Å². The third kappa shape index (κ3) is 6.39. The van der Waals surface area contributed by atoms with Gasteiger partial charge in [-0.05, 0) is 51.0 Å². The molecule has 0 unspecified atom stereocenters. The van der Waals surface area contributed by atoms with E-state index >= 15 is 0 Å². The van der Waals surface area contributed by atoms with Gasteiger partial charge in [0.15, 0.2) is 0 Å². The van der Waals surface area contributed by atoms with Crippen LogP contribution in [0.1, 0.15) is 51.1 Å². The van der Waals surface area contributed by atoms with E-state index in [4.69, 9.17) is 8.83 Å². The lowest BCUT2D eigenvalue weighted by Gasteiger charge is -2.02. The minimum absolute atomic E-state index is 0.206. The molecule has 2 rings (SSSR count). The fraction of sp³-hybridized carbons (Fsp3) is 0.333. The van der Waals surface area contributed by atoms with Gasteiger partial charge in [0.2, 0.25) is 11.8 Å². The Labute approximate surface area is 151 Å². The highest BCUT2D eigenvalue weighted by atomic mass is 16.3. The first-order chi connectivity index (χ1) is 12.6. The quantitative estimate of drug-likeness (QED) is 0.408. The third-order valence-corrected chi connectivity index (χ3v) is 3.51. The summed E-state index contributed by atoms with van der Waals surface area (Å²) in [6.07, 6.45) is 4.82. The Morgan fingerprint density at radius 1 is 0.846 bits per heavy atom. The molecule has 2 amide bonds. The molecule has 138 valence electrons. The van der Waals surface area contributed by atoms with E-state index in [0.717, 1.165) is 0 Å². The molecule has 0 aliphatic heterocycles. The summed E-state index contributed by atoms with van der Waals surface area (Å²) in [6, 6.07) is 7.03. The molecular formula is C18H22N4O4. The molecule has 8 heteroatoms. The Kier molecular flexibility index (Phi) is 7.35. The number of unbranched alkanes of at least 4 members (excludes halogenated alkanes) is 1. The fourth-order valence-corrected chi connectivity index (χ4v) is 2.05. The maximum Gasteiger partial charge on any atom is 0.240 e. The standard InChI is InChI=1S/C18H22N4O4/c1-13(15-7-5-11-25-15)19-21-17(23)9-3-4-10-18(24)22-20-14(2)16-8-6-12-26-16/h5-8,11-12H,3-4,9-10H2,1-2H3,(H,21,23)(H,22,24). The van der Waals surface area contributed by atoms with Crippen molar-refractivity contribution < 1.29 is 18.4 Å². The van der Waals surface area contributed by atoms with Crippen LogP contribution in [0.15, 0.2) is 55.8 Å². The predicted molar refractivity (Wildman–Crippen MR) is 96.6 cm³/mol. The summed E-state index contributed by atoms with van der Waals surface area (Å²) >= 11 is 0. The highest BCUT2D eigenvalue weighted by Gasteiger charge is 2.06. The SMILES string of the molecule is CC(=NNC(=O)CCCCC(=O)NN=C(C)c1ccco1)c1ccco1. The van der Waals surface area contributed by atoms with E-state index in [9.17, 15) is 9.59 Å². The minimum atomic E-state index is -0.206. The molecule has 0 aliphatic rings. The van der Waals surface area contributed by atoms with Crippen molar-refractivity contribution in [2.75, 3.05) is 0 Å². The van der Waals surface area contributed by atoms with Gasteiger partial charge in [-0.2, -0.15) is 10.2 Å². The highest BCUT2D eigenvalue weighted by Crippen LogP contribution is 2.04. The van der Waals surface area contributed by atoms with Crippen LogP contribution < -0.4 is 10.9 Å². The van der Waals surface area contributed by atoms with Crippen LogP contribution in [0.2, 0.25) is 0 Å².